The molecule has 0 bridgehead atoms. The first-order valence-electron chi connectivity index (χ1n) is 5.98. The molecule has 1 aliphatic carbocycles. The molecule has 1 fully saturated rings. The Morgan fingerprint density at radius 3 is 3.06 bits per heavy atom. The molecule has 0 aromatic carbocycles. The minimum Gasteiger partial charge on any atom is -0.379 e. The predicted octanol–water partition coefficient (Wildman–Crippen LogP) is 2.10. The van der Waals surface area contributed by atoms with Gasteiger partial charge in [-0.15, -0.1) is 0 Å². The highest BCUT2D eigenvalue weighted by atomic mass is 16.5. The van der Waals surface area contributed by atoms with Crippen LogP contribution in [0.2, 0.25) is 0 Å². The number of nitriles is 1. The number of anilines is 1. The number of pyridine rings is 1. The highest BCUT2D eigenvalue weighted by Gasteiger charge is 2.20. The van der Waals surface area contributed by atoms with E-state index >= 15 is 0 Å². The van der Waals surface area contributed by atoms with Crippen LogP contribution in [0.15, 0.2) is 12.1 Å². The second-order valence-electron chi connectivity index (χ2n) is 4.44. The van der Waals surface area contributed by atoms with Crippen LogP contribution in [-0.2, 0) is 4.74 Å². The van der Waals surface area contributed by atoms with Crippen LogP contribution in [0.3, 0.4) is 0 Å². The number of aromatic nitrogens is 1. The van der Waals surface area contributed by atoms with Gasteiger partial charge < -0.3 is 10.1 Å². The monoisotopic (exact) mass is 231 g/mol. The van der Waals surface area contributed by atoms with Crippen molar-refractivity contribution in [2.24, 2.45) is 5.92 Å². The van der Waals surface area contributed by atoms with Crippen molar-refractivity contribution in [3.8, 4) is 6.07 Å². The molecule has 1 aromatic rings. The summed E-state index contributed by atoms with van der Waals surface area (Å²) in [7, 11) is 0. The lowest BCUT2D eigenvalue weighted by Gasteiger charge is -2.07. The van der Waals surface area contributed by atoms with E-state index in [-0.39, 0.29) is 0 Å². The molecule has 4 heteroatoms. The molecule has 1 aliphatic rings. The molecule has 1 N–H and O–H groups in total. The third-order valence-electron chi connectivity index (χ3n) is 2.69. The van der Waals surface area contributed by atoms with Crippen molar-refractivity contribution < 1.29 is 4.74 Å². The summed E-state index contributed by atoms with van der Waals surface area (Å²) in [6, 6.07) is 5.65. The fourth-order valence-corrected chi connectivity index (χ4v) is 1.61. The summed E-state index contributed by atoms with van der Waals surface area (Å²) in [4.78, 5) is 4.31. The van der Waals surface area contributed by atoms with Gasteiger partial charge in [-0.3, -0.25) is 0 Å². The Morgan fingerprint density at radius 2 is 2.35 bits per heavy atom. The maximum atomic E-state index is 8.83. The third-order valence-corrected chi connectivity index (χ3v) is 2.69. The number of rotatable bonds is 6. The van der Waals surface area contributed by atoms with Crippen LogP contribution in [-0.4, -0.2) is 24.7 Å². The Balaban J connectivity index is 1.73. The minimum absolute atomic E-state index is 0.638. The van der Waals surface area contributed by atoms with Crippen LogP contribution in [0.5, 0.6) is 0 Å². The Bertz CT molecular complexity index is 421. The van der Waals surface area contributed by atoms with Gasteiger partial charge in [0.2, 0.25) is 0 Å². The zero-order valence-corrected chi connectivity index (χ0v) is 10.1. The average molecular weight is 231 g/mol. The van der Waals surface area contributed by atoms with Crippen LogP contribution in [0.25, 0.3) is 0 Å². The van der Waals surface area contributed by atoms with Gasteiger partial charge in [-0.2, -0.15) is 5.26 Å². The highest BCUT2D eigenvalue weighted by Crippen LogP contribution is 2.28. The van der Waals surface area contributed by atoms with Gasteiger partial charge in [0.25, 0.3) is 0 Å². The summed E-state index contributed by atoms with van der Waals surface area (Å²) in [5.41, 5.74) is 1.49. The van der Waals surface area contributed by atoms with Crippen molar-refractivity contribution >= 4 is 5.82 Å². The van der Waals surface area contributed by atoms with Gasteiger partial charge >= 0.3 is 0 Å². The molecule has 0 atom stereocenters. The van der Waals surface area contributed by atoms with Crippen molar-refractivity contribution in [3.63, 3.8) is 0 Å². The average Bonchev–Trinajstić information content (AvgIpc) is 3.12. The molecule has 0 radical (unpaired) electrons. The first-order valence-corrected chi connectivity index (χ1v) is 5.98. The fraction of sp³-hybridized carbons (Fsp3) is 0.538. The number of hydrogen-bond acceptors (Lipinski definition) is 4. The van der Waals surface area contributed by atoms with E-state index in [1.165, 1.54) is 12.8 Å². The largest absolute Gasteiger partial charge is 0.379 e. The van der Waals surface area contributed by atoms with Gasteiger partial charge in [-0.1, -0.05) is 0 Å². The topological polar surface area (TPSA) is 57.9 Å². The SMILES string of the molecule is Cc1cc(C#N)cc(NCCOCC2CC2)n1. The lowest BCUT2D eigenvalue weighted by atomic mass is 10.2. The van der Waals surface area contributed by atoms with Crippen molar-refractivity contribution in [2.75, 3.05) is 25.1 Å². The first kappa shape index (κ1) is 11.9. The molecule has 0 saturated heterocycles. The van der Waals surface area contributed by atoms with Crippen molar-refractivity contribution in [1.29, 1.82) is 5.26 Å². The summed E-state index contributed by atoms with van der Waals surface area (Å²) >= 11 is 0. The molecule has 0 spiro atoms. The second-order valence-corrected chi connectivity index (χ2v) is 4.44. The smallest absolute Gasteiger partial charge is 0.127 e. The molecule has 1 heterocycles. The molecule has 90 valence electrons. The molecule has 17 heavy (non-hydrogen) atoms. The van der Waals surface area contributed by atoms with Crippen molar-refractivity contribution in [2.45, 2.75) is 19.8 Å². The summed E-state index contributed by atoms with van der Waals surface area (Å²) in [6.07, 6.45) is 2.64. The summed E-state index contributed by atoms with van der Waals surface area (Å²) in [5.74, 6) is 1.55. The van der Waals surface area contributed by atoms with Crippen molar-refractivity contribution in [3.05, 3.63) is 23.4 Å². The number of nitrogens with one attached hydrogen (secondary N) is 1. The third kappa shape index (κ3) is 4.04. The molecular formula is C13H17N3O. The molecule has 4 nitrogen and oxygen atoms in total. The zero-order chi connectivity index (χ0) is 12.1. The van der Waals surface area contributed by atoms with E-state index < -0.39 is 0 Å². The van der Waals surface area contributed by atoms with E-state index in [2.05, 4.69) is 16.4 Å². The van der Waals surface area contributed by atoms with Gasteiger partial charge in [0.1, 0.15) is 5.82 Å². The zero-order valence-electron chi connectivity index (χ0n) is 10.1. The fourth-order valence-electron chi connectivity index (χ4n) is 1.61. The molecule has 2 rings (SSSR count). The summed E-state index contributed by atoms with van der Waals surface area (Å²) in [6.45, 7) is 4.18. The van der Waals surface area contributed by atoms with E-state index in [1.54, 1.807) is 12.1 Å². The van der Waals surface area contributed by atoms with E-state index in [4.69, 9.17) is 10.00 Å². The minimum atomic E-state index is 0.638. The van der Waals surface area contributed by atoms with E-state index in [0.717, 1.165) is 30.6 Å². The van der Waals surface area contributed by atoms with E-state index in [0.29, 0.717) is 12.2 Å². The maximum absolute atomic E-state index is 8.83. The molecular weight excluding hydrogens is 214 g/mol. The van der Waals surface area contributed by atoms with Crippen molar-refractivity contribution in [1.82, 2.24) is 4.98 Å². The Labute approximate surface area is 102 Å². The van der Waals surface area contributed by atoms with Gasteiger partial charge in [0.15, 0.2) is 0 Å². The summed E-state index contributed by atoms with van der Waals surface area (Å²) in [5, 5.41) is 12.0. The molecule has 0 amide bonds. The van der Waals surface area contributed by atoms with Crippen LogP contribution in [0, 0.1) is 24.2 Å². The highest BCUT2D eigenvalue weighted by molar-refractivity contribution is 5.44. The van der Waals surface area contributed by atoms with Crippen LogP contribution < -0.4 is 5.32 Å². The lowest BCUT2D eigenvalue weighted by molar-refractivity contribution is 0.134. The number of ether oxygens (including phenoxy) is 1. The Kier molecular flexibility index (Phi) is 3.94. The Morgan fingerprint density at radius 1 is 1.53 bits per heavy atom. The van der Waals surface area contributed by atoms with Crippen LogP contribution >= 0.6 is 0 Å². The molecule has 0 unspecified atom stereocenters. The number of aryl methyl sites for hydroxylation is 1. The number of nitrogens with zero attached hydrogens (tertiary/aromatic N) is 2. The predicted molar refractivity (Wildman–Crippen MR) is 65.7 cm³/mol. The standard InChI is InChI=1S/C13H17N3O/c1-10-6-12(8-14)7-13(16-10)15-4-5-17-9-11-2-3-11/h6-7,11H,2-5,9H2,1H3,(H,15,16). The van der Waals surface area contributed by atoms with E-state index in [9.17, 15) is 0 Å². The maximum Gasteiger partial charge on any atom is 0.127 e. The van der Waals surface area contributed by atoms with Crippen LogP contribution in [0.1, 0.15) is 24.1 Å². The number of hydrogen-bond donors (Lipinski definition) is 1. The van der Waals surface area contributed by atoms with E-state index in [1.807, 2.05) is 6.92 Å². The van der Waals surface area contributed by atoms with Gasteiger partial charge in [-0.25, -0.2) is 4.98 Å². The molecule has 1 aromatic heterocycles. The summed E-state index contributed by atoms with van der Waals surface area (Å²) < 4.78 is 5.51. The van der Waals surface area contributed by atoms with Gasteiger partial charge in [0, 0.05) is 18.8 Å². The van der Waals surface area contributed by atoms with Gasteiger partial charge in [0.05, 0.1) is 18.2 Å². The normalized spacial score (nSPS) is 14.4. The van der Waals surface area contributed by atoms with Crippen LogP contribution in [0.4, 0.5) is 5.82 Å². The lowest BCUT2D eigenvalue weighted by Crippen LogP contribution is -2.11. The molecule has 0 aliphatic heterocycles. The molecule has 1 saturated carbocycles. The van der Waals surface area contributed by atoms with Gasteiger partial charge in [-0.05, 0) is 37.8 Å². The Hall–Kier alpha value is -1.60. The second kappa shape index (κ2) is 5.65. The first-order chi connectivity index (χ1) is 8.28. The quantitative estimate of drug-likeness (QED) is 0.762.